The molecule has 0 saturated carbocycles. The van der Waals surface area contributed by atoms with E-state index < -0.39 is 0 Å². The number of hydrogen-bond donors (Lipinski definition) is 0. The quantitative estimate of drug-likeness (QED) is 0.637. The zero-order valence-corrected chi connectivity index (χ0v) is 11.8. The zero-order chi connectivity index (χ0) is 12.8. The summed E-state index contributed by atoms with van der Waals surface area (Å²) in [5, 5.41) is 0. The highest BCUT2D eigenvalue weighted by Crippen LogP contribution is 2.22. The Morgan fingerprint density at radius 2 is 1.81 bits per heavy atom. The fourth-order valence-corrected chi connectivity index (χ4v) is 1.74. The maximum Gasteiger partial charge on any atom is 0.309 e. The first-order valence-corrected chi connectivity index (χ1v) is 6.49. The van der Waals surface area contributed by atoms with Gasteiger partial charge in [0, 0.05) is 0 Å². The van der Waals surface area contributed by atoms with Crippen LogP contribution >= 0.6 is 0 Å². The summed E-state index contributed by atoms with van der Waals surface area (Å²) in [4.78, 5) is 12.0. The summed E-state index contributed by atoms with van der Waals surface area (Å²) < 4.78 is 5.46. The molecule has 0 aromatic heterocycles. The maximum atomic E-state index is 12.0. The van der Waals surface area contributed by atoms with Gasteiger partial charge in [-0.05, 0) is 39.5 Å². The summed E-state index contributed by atoms with van der Waals surface area (Å²) in [6.45, 7) is 12.2. The van der Waals surface area contributed by atoms with E-state index in [1.54, 1.807) is 0 Å². The zero-order valence-electron chi connectivity index (χ0n) is 11.8. The standard InChI is InChI=1S/C14H28O2/c1-7-8-9-12(10-11(2)3)13(15)16-14(4,5)6/h11-12H,7-10H2,1-6H3. The van der Waals surface area contributed by atoms with Gasteiger partial charge in [-0.25, -0.2) is 0 Å². The summed E-state index contributed by atoms with van der Waals surface area (Å²) >= 11 is 0. The highest BCUT2D eigenvalue weighted by molar-refractivity contribution is 5.72. The first-order valence-electron chi connectivity index (χ1n) is 6.49. The lowest BCUT2D eigenvalue weighted by atomic mass is 9.92. The Balaban J connectivity index is 4.31. The van der Waals surface area contributed by atoms with Crippen LogP contribution in [0.15, 0.2) is 0 Å². The molecule has 0 aromatic carbocycles. The van der Waals surface area contributed by atoms with Gasteiger partial charge in [-0.1, -0.05) is 33.6 Å². The van der Waals surface area contributed by atoms with E-state index >= 15 is 0 Å². The maximum absolute atomic E-state index is 12.0. The van der Waals surface area contributed by atoms with Crippen molar-refractivity contribution in [2.24, 2.45) is 11.8 Å². The molecule has 96 valence electrons. The van der Waals surface area contributed by atoms with Crippen LogP contribution in [0.1, 0.15) is 67.2 Å². The van der Waals surface area contributed by atoms with E-state index in [0.717, 1.165) is 25.7 Å². The monoisotopic (exact) mass is 228 g/mol. The molecule has 0 aliphatic carbocycles. The Bertz CT molecular complexity index is 201. The Hall–Kier alpha value is -0.530. The predicted molar refractivity (Wildman–Crippen MR) is 68.3 cm³/mol. The third-order valence-electron chi connectivity index (χ3n) is 2.40. The van der Waals surface area contributed by atoms with Gasteiger partial charge >= 0.3 is 5.97 Å². The smallest absolute Gasteiger partial charge is 0.309 e. The molecule has 0 radical (unpaired) electrons. The molecule has 0 N–H and O–H groups in total. The number of hydrogen-bond acceptors (Lipinski definition) is 2. The Kier molecular flexibility index (Phi) is 6.70. The van der Waals surface area contributed by atoms with Gasteiger partial charge in [-0.2, -0.15) is 0 Å². The lowest BCUT2D eigenvalue weighted by Crippen LogP contribution is -2.29. The van der Waals surface area contributed by atoms with Crippen molar-refractivity contribution in [1.29, 1.82) is 0 Å². The second-order valence-corrected chi connectivity index (χ2v) is 6.00. The number of unbranched alkanes of at least 4 members (excludes halogenated alkanes) is 1. The molecule has 0 aromatic rings. The van der Waals surface area contributed by atoms with Gasteiger partial charge in [-0.15, -0.1) is 0 Å². The van der Waals surface area contributed by atoms with Gasteiger partial charge in [0.05, 0.1) is 5.92 Å². The predicted octanol–water partition coefficient (Wildman–Crippen LogP) is 4.18. The Morgan fingerprint density at radius 3 is 2.19 bits per heavy atom. The van der Waals surface area contributed by atoms with Gasteiger partial charge in [0.2, 0.25) is 0 Å². The molecular weight excluding hydrogens is 200 g/mol. The molecule has 0 rings (SSSR count). The fourth-order valence-electron chi connectivity index (χ4n) is 1.74. The molecular formula is C14H28O2. The second-order valence-electron chi connectivity index (χ2n) is 6.00. The van der Waals surface area contributed by atoms with Crippen molar-refractivity contribution in [3.63, 3.8) is 0 Å². The highest BCUT2D eigenvalue weighted by atomic mass is 16.6. The van der Waals surface area contributed by atoms with Gasteiger partial charge in [0.25, 0.3) is 0 Å². The summed E-state index contributed by atoms with van der Waals surface area (Å²) in [5.74, 6) is 0.614. The van der Waals surface area contributed by atoms with Crippen LogP contribution in [-0.4, -0.2) is 11.6 Å². The molecule has 1 atom stereocenters. The van der Waals surface area contributed by atoms with Crippen LogP contribution in [0.2, 0.25) is 0 Å². The minimum atomic E-state index is -0.363. The van der Waals surface area contributed by atoms with Crippen molar-refractivity contribution in [1.82, 2.24) is 0 Å². The van der Waals surface area contributed by atoms with Crippen molar-refractivity contribution in [2.75, 3.05) is 0 Å². The molecule has 0 fully saturated rings. The molecule has 0 heterocycles. The summed E-state index contributed by atoms with van der Waals surface area (Å²) in [6, 6.07) is 0. The van der Waals surface area contributed by atoms with Crippen LogP contribution in [0.25, 0.3) is 0 Å². The van der Waals surface area contributed by atoms with Crippen molar-refractivity contribution in [3.05, 3.63) is 0 Å². The average molecular weight is 228 g/mol. The normalized spacial score (nSPS) is 13.9. The van der Waals surface area contributed by atoms with Crippen LogP contribution in [0.4, 0.5) is 0 Å². The summed E-state index contributed by atoms with van der Waals surface area (Å²) in [5.41, 5.74) is -0.363. The Morgan fingerprint density at radius 1 is 1.25 bits per heavy atom. The largest absolute Gasteiger partial charge is 0.460 e. The molecule has 0 bridgehead atoms. The Labute approximate surface area is 101 Å². The van der Waals surface area contributed by atoms with Crippen LogP contribution in [0.3, 0.4) is 0 Å². The van der Waals surface area contributed by atoms with E-state index in [-0.39, 0.29) is 17.5 Å². The molecule has 16 heavy (non-hydrogen) atoms. The average Bonchev–Trinajstić information content (AvgIpc) is 2.08. The van der Waals surface area contributed by atoms with Crippen LogP contribution in [0.5, 0.6) is 0 Å². The van der Waals surface area contributed by atoms with Gasteiger partial charge < -0.3 is 4.74 Å². The number of rotatable bonds is 6. The molecule has 2 nitrogen and oxygen atoms in total. The topological polar surface area (TPSA) is 26.3 Å². The summed E-state index contributed by atoms with van der Waals surface area (Å²) in [6.07, 6.45) is 4.15. The van der Waals surface area contributed by atoms with E-state index in [1.165, 1.54) is 0 Å². The number of ether oxygens (including phenoxy) is 1. The first kappa shape index (κ1) is 15.5. The van der Waals surface area contributed by atoms with Crippen molar-refractivity contribution in [3.8, 4) is 0 Å². The van der Waals surface area contributed by atoms with E-state index in [0.29, 0.717) is 5.92 Å². The molecule has 2 heteroatoms. The van der Waals surface area contributed by atoms with E-state index in [4.69, 9.17) is 4.74 Å². The third kappa shape index (κ3) is 7.72. The molecule has 0 aliphatic rings. The number of carbonyl (C=O) groups is 1. The minimum absolute atomic E-state index is 0.0188. The first-order chi connectivity index (χ1) is 7.26. The van der Waals surface area contributed by atoms with E-state index in [2.05, 4.69) is 20.8 Å². The van der Waals surface area contributed by atoms with Gasteiger partial charge in [0.1, 0.15) is 5.60 Å². The van der Waals surface area contributed by atoms with Crippen LogP contribution in [-0.2, 0) is 9.53 Å². The van der Waals surface area contributed by atoms with Crippen molar-refractivity contribution in [2.45, 2.75) is 72.8 Å². The molecule has 0 aliphatic heterocycles. The molecule has 0 saturated heterocycles. The van der Waals surface area contributed by atoms with Crippen molar-refractivity contribution >= 4 is 5.97 Å². The van der Waals surface area contributed by atoms with Gasteiger partial charge in [-0.3, -0.25) is 4.79 Å². The van der Waals surface area contributed by atoms with Crippen LogP contribution < -0.4 is 0 Å². The molecule has 0 spiro atoms. The molecule has 0 amide bonds. The summed E-state index contributed by atoms with van der Waals surface area (Å²) in [7, 11) is 0. The number of carbonyl (C=O) groups excluding carboxylic acids is 1. The SMILES string of the molecule is CCCCC(CC(C)C)C(=O)OC(C)(C)C. The van der Waals surface area contributed by atoms with Gasteiger partial charge in [0.15, 0.2) is 0 Å². The molecule has 1 unspecified atom stereocenters. The fraction of sp³-hybridized carbons (Fsp3) is 0.929. The lowest BCUT2D eigenvalue weighted by molar-refractivity contribution is -0.160. The lowest BCUT2D eigenvalue weighted by Gasteiger charge is -2.24. The number of esters is 1. The van der Waals surface area contributed by atoms with Crippen molar-refractivity contribution < 1.29 is 9.53 Å². The minimum Gasteiger partial charge on any atom is -0.460 e. The van der Waals surface area contributed by atoms with Crippen LogP contribution in [0, 0.1) is 11.8 Å². The second kappa shape index (κ2) is 6.93. The third-order valence-corrected chi connectivity index (χ3v) is 2.40. The highest BCUT2D eigenvalue weighted by Gasteiger charge is 2.25. The van der Waals surface area contributed by atoms with E-state index in [1.807, 2.05) is 20.8 Å². The van der Waals surface area contributed by atoms with E-state index in [9.17, 15) is 4.79 Å².